The van der Waals surface area contributed by atoms with Gasteiger partial charge in [-0.15, -0.1) is 0 Å². The Hall–Kier alpha value is -0.800. The number of anilines is 1. The Labute approximate surface area is 93.2 Å². The SMILES string of the molecule is Cc1ncc(NCC=C(Cl)Cl)nc1C. The zero-order chi connectivity index (χ0) is 10.6. The van der Waals surface area contributed by atoms with Crippen LogP contribution >= 0.6 is 23.2 Å². The van der Waals surface area contributed by atoms with E-state index in [-0.39, 0.29) is 4.49 Å². The second kappa shape index (κ2) is 5.17. The third-order valence-electron chi connectivity index (χ3n) is 1.73. The van der Waals surface area contributed by atoms with Crippen LogP contribution in [0.4, 0.5) is 5.82 Å². The first-order valence-electron chi connectivity index (χ1n) is 4.15. The first-order chi connectivity index (χ1) is 6.59. The van der Waals surface area contributed by atoms with E-state index >= 15 is 0 Å². The molecule has 1 aromatic rings. The zero-order valence-electron chi connectivity index (χ0n) is 8.01. The van der Waals surface area contributed by atoms with Crippen LogP contribution in [-0.4, -0.2) is 16.5 Å². The lowest BCUT2D eigenvalue weighted by Gasteiger charge is -2.04. The molecule has 1 heterocycles. The van der Waals surface area contributed by atoms with Crippen LogP contribution < -0.4 is 5.32 Å². The minimum Gasteiger partial charge on any atom is -0.365 e. The summed E-state index contributed by atoms with van der Waals surface area (Å²) in [5.74, 6) is 0.721. The van der Waals surface area contributed by atoms with Crippen molar-refractivity contribution < 1.29 is 0 Å². The van der Waals surface area contributed by atoms with Crippen molar-refractivity contribution in [2.45, 2.75) is 13.8 Å². The quantitative estimate of drug-likeness (QED) is 0.870. The summed E-state index contributed by atoms with van der Waals surface area (Å²) < 4.78 is 0.245. The average Bonchev–Trinajstić information content (AvgIpc) is 2.10. The predicted octanol–water partition coefficient (Wildman–Crippen LogP) is 2.82. The molecular weight excluding hydrogens is 221 g/mol. The molecule has 5 heteroatoms. The largest absolute Gasteiger partial charge is 0.365 e. The number of hydrogen-bond acceptors (Lipinski definition) is 3. The highest BCUT2D eigenvalue weighted by molar-refractivity contribution is 6.55. The van der Waals surface area contributed by atoms with Gasteiger partial charge >= 0.3 is 0 Å². The average molecular weight is 232 g/mol. The number of aryl methyl sites for hydroxylation is 2. The van der Waals surface area contributed by atoms with Crippen LogP contribution in [0, 0.1) is 13.8 Å². The van der Waals surface area contributed by atoms with Crippen molar-refractivity contribution >= 4 is 29.0 Å². The Kier molecular flexibility index (Phi) is 4.17. The number of hydrogen-bond donors (Lipinski definition) is 1. The molecule has 1 rings (SSSR count). The van der Waals surface area contributed by atoms with E-state index < -0.39 is 0 Å². The van der Waals surface area contributed by atoms with Gasteiger partial charge in [-0.1, -0.05) is 23.2 Å². The molecule has 1 aromatic heterocycles. The van der Waals surface area contributed by atoms with Crippen LogP contribution in [0.3, 0.4) is 0 Å². The fourth-order valence-corrected chi connectivity index (χ4v) is 1.01. The topological polar surface area (TPSA) is 37.8 Å². The maximum Gasteiger partial charge on any atom is 0.145 e. The molecule has 14 heavy (non-hydrogen) atoms. The van der Waals surface area contributed by atoms with Crippen LogP contribution in [0.25, 0.3) is 0 Å². The van der Waals surface area contributed by atoms with Crippen LogP contribution in [0.2, 0.25) is 0 Å². The highest BCUT2D eigenvalue weighted by Crippen LogP contribution is 2.07. The monoisotopic (exact) mass is 231 g/mol. The zero-order valence-corrected chi connectivity index (χ0v) is 9.52. The van der Waals surface area contributed by atoms with Gasteiger partial charge in [0.2, 0.25) is 0 Å². The third-order valence-corrected chi connectivity index (χ3v) is 2.04. The summed E-state index contributed by atoms with van der Waals surface area (Å²) >= 11 is 10.9. The van der Waals surface area contributed by atoms with Crippen molar-refractivity contribution in [1.29, 1.82) is 0 Å². The fourth-order valence-electron chi connectivity index (χ4n) is 0.860. The van der Waals surface area contributed by atoms with Crippen molar-refractivity contribution in [3.8, 4) is 0 Å². The second-order valence-corrected chi connectivity index (χ2v) is 3.81. The van der Waals surface area contributed by atoms with Gasteiger partial charge in [-0.25, -0.2) is 4.98 Å². The smallest absolute Gasteiger partial charge is 0.145 e. The molecule has 0 saturated heterocycles. The lowest BCUT2D eigenvalue weighted by molar-refractivity contribution is 1.04. The van der Waals surface area contributed by atoms with Crippen molar-refractivity contribution in [1.82, 2.24) is 9.97 Å². The van der Waals surface area contributed by atoms with E-state index in [1.54, 1.807) is 12.3 Å². The number of nitrogens with one attached hydrogen (secondary N) is 1. The Morgan fingerprint density at radius 2 is 2.14 bits per heavy atom. The molecule has 3 nitrogen and oxygen atoms in total. The standard InChI is InChI=1S/C9H11Cl2N3/c1-6-7(2)14-9(5-13-6)12-4-3-8(10)11/h3,5H,4H2,1-2H3,(H,12,14). The van der Waals surface area contributed by atoms with Crippen molar-refractivity contribution in [2.24, 2.45) is 0 Å². The van der Waals surface area contributed by atoms with Crippen LogP contribution in [0.1, 0.15) is 11.4 Å². The van der Waals surface area contributed by atoms with Crippen LogP contribution in [0.15, 0.2) is 16.8 Å². The van der Waals surface area contributed by atoms with Gasteiger partial charge in [0.1, 0.15) is 10.3 Å². The van der Waals surface area contributed by atoms with E-state index in [0.29, 0.717) is 6.54 Å². The summed E-state index contributed by atoms with van der Waals surface area (Å²) in [5, 5.41) is 3.03. The summed E-state index contributed by atoms with van der Waals surface area (Å²) in [7, 11) is 0. The maximum absolute atomic E-state index is 5.45. The molecule has 0 aliphatic rings. The van der Waals surface area contributed by atoms with Gasteiger partial charge < -0.3 is 5.32 Å². The molecule has 0 bridgehead atoms. The van der Waals surface area contributed by atoms with Gasteiger partial charge in [0, 0.05) is 6.54 Å². The Bertz CT molecular complexity index is 346. The lowest BCUT2D eigenvalue weighted by atomic mass is 10.3. The summed E-state index contributed by atoms with van der Waals surface area (Å²) in [5.41, 5.74) is 1.84. The summed E-state index contributed by atoms with van der Waals surface area (Å²) in [6.07, 6.45) is 3.33. The van der Waals surface area contributed by atoms with E-state index in [0.717, 1.165) is 17.2 Å². The number of halogens is 2. The van der Waals surface area contributed by atoms with Crippen molar-refractivity contribution in [2.75, 3.05) is 11.9 Å². The third kappa shape index (κ3) is 3.52. The Morgan fingerprint density at radius 3 is 2.71 bits per heavy atom. The second-order valence-electron chi connectivity index (χ2n) is 2.80. The van der Waals surface area contributed by atoms with Gasteiger partial charge in [-0.05, 0) is 19.9 Å². The normalized spacial score (nSPS) is 9.71. The molecule has 0 amide bonds. The van der Waals surface area contributed by atoms with E-state index in [1.165, 1.54) is 0 Å². The minimum absolute atomic E-state index is 0.245. The van der Waals surface area contributed by atoms with E-state index in [2.05, 4.69) is 15.3 Å². The maximum atomic E-state index is 5.45. The lowest BCUT2D eigenvalue weighted by Crippen LogP contribution is -2.03. The predicted molar refractivity (Wildman–Crippen MR) is 59.8 cm³/mol. The van der Waals surface area contributed by atoms with Crippen molar-refractivity contribution in [3.05, 3.63) is 28.2 Å². The van der Waals surface area contributed by atoms with Gasteiger partial charge in [0.05, 0.1) is 17.6 Å². The number of rotatable bonds is 3. The summed E-state index contributed by atoms with van der Waals surface area (Å²) in [4.78, 5) is 8.45. The molecule has 0 atom stereocenters. The molecule has 0 spiro atoms. The molecule has 0 unspecified atom stereocenters. The molecule has 0 aliphatic heterocycles. The van der Waals surface area contributed by atoms with Crippen LogP contribution in [-0.2, 0) is 0 Å². The van der Waals surface area contributed by atoms with Gasteiger partial charge in [-0.3, -0.25) is 4.98 Å². The van der Waals surface area contributed by atoms with Crippen LogP contribution in [0.5, 0.6) is 0 Å². The molecule has 0 fully saturated rings. The highest BCUT2D eigenvalue weighted by atomic mass is 35.5. The summed E-state index contributed by atoms with van der Waals surface area (Å²) in [6, 6.07) is 0. The molecule has 0 aliphatic carbocycles. The van der Waals surface area contributed by atoms with Gasteiger partial charge in [0.25, 0.3) is 0 Å². The molecule has 0 aromatic carbocycles. The first kappa shape index (κ1) is 11.3. The molecule has 0 saturated carbocycles. The van der Waals surface area contributed by atoms with Gasteiger partial charge in [-0.2, -0.15) is 0 Å². The number of aromatic nitrogens is 2. The van der Waals surface area contributed by atoms with E-state index in [4.69, 9.17) is 23.2 Å². The first-order valence-corrected chi connectivity index (χ1v) is 4.90. The van der Waals surface area contributed by atoms with Gasteiger partial charge in [0.15, 0.2) is 0 Å². The minimum atomic E-state index is 0.245. The molecule has 76 valence electrons. The molecular formula is C9H11Cl2N3. The highest BCUT2D eigenvalue weighted by Gasteiger charge is 1.97. The molecule has 1 N–H and O–H groups in total. The van der Waals surface area contributed by atoms with Crippen molar-refractivity contribution in [3.63, 3.8) is 0 Å². The Balaban J connectivity index is 2.60. The Morgan fingerprint density at radius 1 is 1.43 bits per heavy atom. The molecule has 0 radical (unpaired) electrons. The number of nitrogens with zero attached hydrogens (tertiary/aromatic N) is 2. The fraction of sp³-hybridized carbons (Fsp3) is 0.333. The summed E-state index contributed by atoms with van der Waals surface area (Å²) in [6.45, 7) is 4.37. The van der Waals surface area contributed by atoms with E-state index in [1.807, 2.05) is 13.8 Å². The van der Waals surface area contributed by atoms with E-state index in [9.17, 15) is 0 Å².